The van der Waals surface area contributed by atoms with Crippen LogP contribution in [0.1, 0.15) is 32.6 Å². The smallest absolute Gasteiger partial charge is 0.219 e. The average Bonchev–Trinajstić information content (AvgIpc) is 2.04. The highest BCUT2D eigenvalue weighted by atomic mass is 16.2. The van der Waals surface area contributed by atoms with E-state index in [-0.39, 0.29) is 5.91 Å². The highest BCUT2D eigenvalue weighted by Crippen LogP contribution is 2.20. The Morgan fingerprint density at radius 1 is 1.33 bits per heavy atom. The van der Waals surface area contributed by atoms with Gasteiger partial charge in [0.2, 0.25) is 5.91 Å². The van der Waals surface area contributed by atoms with Crippen molar-refractivity contribution in [2.45, 2.75) is 44.7 Å². The molecular weight excluding hydrogens is 152 g/mol. The summed E-state index contributed by atoms with van der Waals surface area (Å²) in [5, 5.41) is 0. The molecule has 0 aromatic heterocycles. The Morgan fingerprint density at radius 3 is 2.25 bits per heavy atom. The van der Waals surface area contributed by atoms with Crippen LogP contribution in [0.25, 0.3) is 0 Å². The first-order valence-corrected chi connectivity index (χ1v) is 4.60. The first-order chi connectivity index (χ1) is 5.61. The lowest BCUT2D eigenvalue weighted by atomic mass is 9.91. The Hall–Kier alpha value is -0.570. The molecule has 3 nitrogen and oxygen atoms in total. The third-order valence-corrected chi connectivity index (χ3v) is 2.79. The molecule has 0 spiro atoms. The summed E-state index contributed by atoms with van der Waals surface area (Å²) in [6.45, 7) is 1.62. The van der Waals surface area contributed by atoms with Gasteiger partial charge in [0.05, 0.1) is 0 Å². The number of nitrogens with zero attached hydrogens (tertiary/aromatic N) is 1. The predicted molar refractivity (Wildman–Crippen MR) is 48.7 cm³/mol. The normalized spacial score (nSPS) is 29.9. The minimum atomic E-state index is 0.162. The van der Waals surface area contributed by atoms with Gasteiger partial charge in [-0.3, -0.25) is 4.79 Å². The standard InChI is InChI=1S/C9H18N2O/c1-7(12)11(2)9-5-3-8(10)4-6-9/h8-9H,3-6,10H2,1-2H3. The molecule has 0 heterocycles. The van der Waals surface area contributed by atoms with Crippen LogP contribution in [-0.4, -0.2) is 29.9 Å². The summed E-state index contributed by atoms with van der Waals surface area (Å²) in [6, 6.07) is 0.795. The molecule has 0 aliphatic heterocycles. The summed E-state index contributed by atoms with van der Waals surface area (Å²) in [5.74, 6) is 0.162. The summed E-state index contributed by atoms with van der Waals surface area (Å²) < 4.78 is 0. The van der Waals surface area contributed by atoms with Gasteiger partial charge in [-0.1, -0.05) is 0 Å². The largest absolute Gasteiger partial charge is 0.343 e. The molecule has 1 fully saturated rings. The third kappa shape index (κ3) is 2.21. The molecule has 2 N–H and O–H groups in total. The van der Waals surface area contributed by atoms with Crippen LogP contribution >= 0.6 is 0 Å². The van der Waals surface area contributed by atoms with Crippen molar-refractivity contribution in [1.82, 2.24) is 4.90 Å². The van der Waals surface area contributed by atoms with Crippen LogP contribution in [0.15, 0.2) is 0 Å². The van der Waals surface area contributed by atoms with Crippen LogP contribution in [0.2, 0.25) is 0 Å². The molecule has 1 aliphatic rings. The number of rotatable bonds is 1. The van der Waals surface area contributed by atoms with Gasteiger partial charge in [-0.25, -0.2) is 0 Å². The van der Waals surface area contributed by atoms with E-state index in [1.165, 1.54) is 0 Å². The van der Waals surface area contributed by atoms with E-state index < -0.39 is 0 Å². The molecule has 0 saturated heterocycles. The van der Waals surface area contributed by atoms with Crippen molar-refractivity contribution in [3.63, 3.8) is 0 Å². The second-order valence-corrected chi connectivity index (χ2v) is 3.70. The summed E-state index contributed by atoms with van der Waals surface area (Å²) in [6.07, 6.45) is 4.25. The van der Waals surface area contributed by atoms with Gasteiger partial charge in [-0.15, -0.1) is 0 Å². The molecule has 1 amide bonds. The van der Waals surface area contributed by atoms with Crippen LogP contribution in [-0.2, 0) is 4.79 Å². The summed E-state index contributed by atoms with van der Waals surface area (Å²) >= 11 is 0. The molecule has 0 radical (unpaired) electrons. The lowest BCUT2D eigenvalue weighted by Crippen LogP contribution is -2.40. The van der Waals surface area contributed by atoms with Crippen molar-refractivity contribution < 1.29 is 4.79 Å². The number of nitrogens with two attached hydrogens (primary N) is 1. The fraction of sp³-hybridized carbons (Fsp3) is 0.889. The fourth-order valence-corrected chi connectivity index (χ4v) is 1.75. The summed E-state index contributed by atoms with van der Waals surface area (Å²) in [4.78, 5) is 12.9. The van der Waals surface area contributed by atoms with Gasteiger partial charge < -0.3 is 10.6 Å². The van der Waals surface area contributed by atoms with E-state index in [9.17, 15) is 4.79 Å². The second kappa shape index (κ2) is 3.90. The van der Waals surface area contributed by atoms with Crippen molar-refractivity contribution in [2.75, 3.05) is 7.05 Å². The van der Waals surface area contributed by atoms with E-state index >= 15 is 0 Å². The maximum atomic E-state index is 11.0. The Labute approximate surface area is 73.9 Å². The maximum Gasteiger partial charge on any atom is 0.219 e. The molecule has 70 valence electrons. The quantitative estimate of drug-likeness (QED) is 0.630. The molecule has 3 heteroatoms. The molecule has 1 saturated carbocycles. The van der Waals surface area contributed by atoms with Gasteiger partial charge in [-0.05, 0) is 25.7 Å². The fourth-order valence-electron chi connectivity index (χ4n) is 1.75. The van der Waals surface area contributed by atoms with Gasteiger partial charge in [0.1, 0.15) is 0 Å². The zero-order chi connectivity index (χ0) is 9.14. The number of carbonyl (C=O) groups excluding carboxylic acids is 1. The third-order valence-electron chi connectivity index (χ3n) is 2.79. The van der Waals surface area contributed by atoms with E-state index in [1.807, 2.05) is 11.9 Å². The van der Waals surface area contributed by atoms with Gasteiger partial charge in [0, 0.05) is 26.1 Å². The van der Waals surface area contributed by atoms with E-state index in [0.29, 0.717) is 12.1 Å². The molecule has 1 rings (SSSR count). The van der Waals surface area contributed by atoms with Gasteiger partial charge >= 0.3 is 0 Å². The first-order valence-electron chi connectivity index (χ1n) is 4.60. The van der Waals surface area contributed by atoms with Crippen LogP contribution < -0.4 is 5.73 Å². The Bertz CT molecular complexity index is 162. The zero-order valence-corrected chi connectivity index (χ0v) is 7.92. The van der Waals surface area contributed by atoms with Crippen LogP contribution in [0, 0.1) is 0 Å². The Balaban J connectivity index is 2.39. The highest BCUT2D eigenvalue weighted by molar-refractivity contribution is 5.73. The predicted octanol–water partition coefficient (Wildman–Crippen LogP) is 0.735. The van der Waals surface area contributed by atoms with E-state index in [1.54, 1.807) is 6.92 Å². The van der Waals surface area contributed by atoms with Crippen LogP contribution in [0.3, 0.4) is 0 Å². The lowest BCUT2D eigenvalue weighted by molar-refractivity contribution is -0.130. The maximum absolute atomic E-state index is 11.0. The second-order valence-electron chi connectivity index (χ2n) is 3.70. The highest BCUT2D eigenvalue weighted by Gasteiger charge is 2.22. The minimum absolute atomic E-state index is 0.162. The van der Waals surface area contributed by atoms with Crippen molar-refractivity contribution in [1.29, 1.82) is 0 Å². The zero-order valence-electron chi connectivity index (χ0n) is 7.92. The van der Waals surface area contributed by atoms with Crippen molar-refractivity contribution in [3.05, 3.63) is 0 Å². The van der Waals surface area contributed by atoms with E-state index in [4.69, 9.17) is 5.73 Å². The van der Waals surface area contributed by atoms with E-state index in [2.05, 4.69) is 0 Å². The molecule has 0 aromatic rings. The lowest BCUT2D eigenvalue weighted by Gasteiger charge is -2.32. The number of amides is 1. The van der Waals surface area contributed by atoms with Gasteiger partial charge in [0.25, 0.3) is 0 Å². The Kier molecular flexibility index (Phi) is 3.09. The SMILES string of the molecule is CC(=O)N(C)C1CCC(N)CC1. The first kappa shape index (κ1) is 9.52. The number of hydrogen-bond donors (Lipinski definition) is 1. The Morgan fingerprint density at radius 2 is 1.83 bits per heavy atom. The van der Waals surface area contributed by atoms with Crippen LogP contribution in [0.5, 0.6) is 0 Å². The van der Waals surface area contributed by atoms with Gasteiger partial charge in [0.15, 0.2) is 0 Å². The molecule has 12 heavy (non-hydrogen) atoms. The number of hydrogen-bond acceptors (Lipinski definition) is 2. The topological polar surface area (TPSA) is 46.3 Å². The molecule has 0 unspecified atom stereocenters. The molecular formula is C9H18N2O. The molecule has 0 bridgehead atoms. The summed E-state index contributed by atoms with van der Waals surface area (Å²) in [7, 11) is 1.88. The minimum Gasteiger partial charge on any atom is -0.343 e. The number of carbonyl (C=O) groups is 1. The monoisotopic (exact) mass is 170 g/mol. The molecule has 0 atom stereocenters. The summed E-state index contributed by atoms with van der Waals surface area (Å²) in [5.41, 5.74) is 5.77. The van der Waals surface area contributed by atoms with Crippen molar-refractivity contribution >= 4 is 5.91 Å². The van der Waals surface area contributed by atoms with Crippen LogP contribution in [0.4, 0.5) is 0 Å². The van der Waals surface area contributed by atoms with E-state index in [0.717, 1.165) is 25.7 Å². The molecule has 1 aliphatic carbocycles. The van der Waals surface area contributed by atoms with Crippen molar-refractivity contribution in [2.24, 2.45) is 5.73 Å². The van der Waals surface area contributed by atoms with Gasteiger partial charge in [-0.2, -0.15) is 0 Å². The van der Waals surface area contributed by atoms with Crippen molar-refractivity contribution in [3.8, 4) is 0 Å². The average molecular weight is 170 g/mol. The molecule has 0 aromatic carbocycles.